The smallest absolute Gasteiger partial charge is 0.306 e. The first-order valence-corrected chi connectivity index (χ1v) is 7.72. The number of nitrogens with zero attached hydrogens (tertiary/aromatic N) is 1. The van der Waals surface area contributed by atoms with Crippen molar-refractivity contribution in [2.45, 2.75) is 33.1 Å². The van der Waals surface area contributed by atoms with Crippen LogP contribution in [0.25, 0.3) is 0 Å². The van der Waals surface area contributed by atoms with E-state index >= 15 is 0 Å². The van der Waals surface area contributed by atoms with E-state index in [2.05, 4.69) is 30.9 Å². The normalized spacial score (nSPS) is 16.1. The second-order valence-corrected chi connectivity index (χ2v) is 5.88. The van der Waals surface area contributed by atoms with Crippen LogP contribution in [0.15, 0.2) is 18.2 Å². The molecule has 2 rings (SSSR count). The number of halogens is 1. The van der Waals surface area contributed by atoms with Crippen LogP contribution in [0.5, 0.6) is 5.75 Å². The number of carbonyl (C=O) groups is 1. The minimum absolute atomic E-state index is 0. The Morgan fingerprint density at radius 3 is 2.41 bits per heavy atom. The summed E-state index contributed by atoms with van der Waals surface area (Å²) in [6, 6.07) is 6.18. The third kappa shape index (κ3) is 5.18. The van der Waals surface area contributed by atoms with Gasteiger partial charge in [0.25, 0.3) is 0 Å². The molecule has 1 aliphatic rings. The zero-order chi connectivity index (χ0) is 15.2. The van der Waals surface area contributed by atoms with Crippen LogP contribution in [0.1, 0.15) is 30.4 Å². The Bertz CT molecular complexity index is 465. The maximum absolute atomic E-state index is 10.9. The topological polar surface area (TPSA) is 49.8 Å². The van der Waals surface area contributed by atoms with Crippen LogP contribution in [0.3, 0.4) is 0 Å². The van der Waals surface area contributed by atoms with Crippen molar-refractivity contribution in [1.82, 2.24) is 4.90 Å². The van der Waals surface area contributed by atoms with Gasteiger partial charge in [-0.15, -0.1) is 12.4 Å². The van der Waals surface area contributed by atoms with Crippen LogP contribution < -0.4 is 4.74 Å². The van der Waals surface area contributed by atoms with Crippen LogP contribution in [0, 0.1) is 19.8 Å². The molecule has 1 fully saturated rings. The van der Waals surface area contributed by atoms with Crippen molar-refractivity contribution in [3.05, 3.63) is 29.3 Å². The quantitative estimate of drug-likeness (QED) is 0.815. The van der Waals surface area contributed by atoms with Gasteiger partial charge in [0.15, 0.2) is 0 Å². The molecule has 0 atom stereocenters. The zero-order valence-corrected chi connectivity index (χ0v) is 14.2. The molecule has 124 valence electrons. The number of hydrogen-bond donors (Lipinski definition) is 1. The van der Waals surface area contributed by atoms with Crippen LogP contribution in [-0.4, -0.2) is 42.2 Å². The molecule has 0 saturated carbocycles. The number of aliphatic carboxylic acids is 1. The number of likely N-dealkylation sites (tertiary alicyclic amines) is 1. The van der Waals surface area contributed by atoms with E-state index in [0.717, 1.165) is 44.6 Å². The summed E-state index contributed by atoms with van der Waals surface area (Å²) in [5.74, 6) is 0.210. The van der Waals surface area contributed by atoms with Crippen LogP contribution in [0.4, 0.5) is 0 Å². The zero-order valence-electron chi connectivity index (χ0n) is 13.4. The van der Waals surface area contributed by atoms with Crippen molar-refractivity contribution in [1.29, 1.82) is 0 Å². The number of hydrogen-bond acceptors (Lipinski definition) is 3. The third-order valence-corrected chi connectivity index (χ3v) is 4.21. The van der Waals surface area contributed by atoms with E-state index in [4.69, 9.17) is 9.84 Å². The number of para-hydroxylation sites is 1. The lowest BCUT2D eigenvalue weighted by Gasteiger charge is -2.29. The lowest BCUT2D eigenvalue weighted by Crippen LogP contribution is -2.37. The predicted octanol–water partition coefficient (Wildman–Crippen LogP) is 3.29. The van der Waals surface area contributed by atoms with E-state index in [1.54, 1.807) is 0 Å². The molecular weight excluding hydrogens is 302 g/mol. The molecule has 22 heavy (non-hydrogen) atoms. The number of ether oxygens (including phenoxy) is 1. The summed E-state index contributed by atoms with van der Waals surface area (Å²) < 4.78 is 5.90. The molecule has 0 aliphatic carbocycles. The molecule has 1 aromatic carbocycles. The Balaban J connectivity index is 0.00000242. The summed E-state index contributed by atoms with van der Waals surface area (Å²) in [7, 11) is 0. The van der Waals surface area contributed by atoms with E-state index in [1.807, 2.05) is 6.07 Å². The van der Waals surface area contributed by atoms with Gasteiger partial charge in [0.2, 0.25) is 0 Å². The molecule has 1 heterocycles. The summed E-state index contributed by atoms with van der Waals surface area (Å²) in [5, 5.41) is 8.98. The highest BCUT2D eigenvalue weighted by Gasteiger charge is 2.23. The first-order chi connectivity index (χ1) is 10.1. The highest BCUT2D eigenvalue weighted by atomic mass is 35.5. The molecule has 0 bridgehead atoms. The van der Waals surface area contributed by atoms with Gasteiger partial charge in [-0.05, 0) is 57.3 Å². The largest absolute Gasteiger partial charge is 0.493 e. The summed E-state index contributed by atoms with van der Waals surface area (Å²) in [4.78, 5) is 13.2. The monoisotopic (exact) mass is 327 g/mol. The van der Waals surface area contributed by atoms with Crippen molar-refractivity contribution in [3.63, 3.8) is 0 Å². The fourth-order valence-corrected chi connectivity index (χ4v) is 2.89. The minimum Gasteiger partial charge on any atom is -0.493 e. The molecule has 4 nitrogen and oxygen atoms in total. The Morgan fingerprint density at radius 2 is 1.86 bits per heavy atom. The summed E-state index contributed by atoms with van der Waals surface area (Å²) >= 11 is 0. The van der Waals surface area contributed by atoms with E-state index in [9.17, 15) is 4.79 Å². The summed E-state index contributed by atoms with van der Waals surface area (Å²) in [6.07, 6.45) is 2.52. The van der Waals surface area contributed by atoms with Crippen molar-refractivity contribution >= 4 is 18.4 Å². The van der Waals surface area contributed by atoms with Crippen molar-refractivity contribution in [2.24, 2.45) is 5.92 Å². The predicted molar refractivity (Wildman–Crippen MR) is 90.1 cm³/mol. The fraction of sp³-hybridized carbons (Fsp3) is 0.588. The highest BCUT2D eigenvalue weighted by Crippen LogP contribution is 2.22. The molecule has 1 aliphatic heterocycles. The first-order valence-electron chi connectivity index (χ1n) is 7.72. The standard InChI is InChI=1S/C17H25NO3.ClH/c1-13-5-3-6-14(2)16(13)21-12-4-9-18-10-7-15(8-11-18)17(19)20;/h3,5-6,15H,4,7-12H2,1-2H3,(H,19,20);1H. The number of rotatable bonds is 6. The van der Waals surface area contributed by atoms with Gasteiger partial charge in [0, 0.05) is 6.54 Å². The number of carboxylic acids is 1. The van der Waals surface area contributed by atoms with Gasteiger partial charge in [-0.1, -0.05) is 18.2 Å². The van der Waals surface area contributed by atoms with Gasteiger partial charge < -0.3 is 14.7 Å². The highest BCUT2D eigenvalue weighted by molar-refractivity contribution is 5.85. The van der Waals surface area contributed by atoms with Crippen LogP contribution in [-0.2, 0) is 4.79 Å². The van der Waals surface area contributed by atoms with Gasteiger partial charge in [-0.25, -0.2) is 0 Å². The second-order valence-electron chi connectivity index (χ2n) is 5.88. The molecule has 1 aromatic rings. The molecule has 0 radical (unpaired) electrons. The van der Waals surface area contributed by atoms with Crippen LogP contribution in [0.2, 0.25) is 0 Å². The molecule has 5 heteroatoms. The molecule has 1 N–H and O–H groups in total. The Hall–Kier alpha value is -1.26. The average Bonchev–Trinajstić information content (AvgIpc) is 2.46. The van der Waals surface area contributed by atoms with Gasteiger partial charge in [0.1, 0.15) is 5.75 Å². The minimum atomic E-state index is -0.645. The Labute approximate surface area is 138 Å². The number of carboxylic acid groups (broad SMARTS) is 1. The SMILES string of the molecule is Cc1cccc(C)c1OCCCN1CCC(C(=O)O)CC1.Cl. The van der Waals surface area contributed by atoms with Gasteiger partial charge in [0.05, 0.1) is 12.5 Å². The number of piperidine rings is 1. The third-order valence-electron chi connectivity index (χ3n) is 4.21. The van der Waals surface area contributed by atoms with Crippen molar-refractivity contribution in [2.75, 3.05) is 26.2 Å². The van der Waals surface area contributed by atoms with E-state index in [-0.39, 0.29) is 18.3 Å². The maximum atomic E-state index is 10.9. The first kappa shape index (κ1) is 18.8. The molecule has 0 aromatic heterocycles. The second kappa shape index (κ2) is 9.01. The van der Waals surface area contributed by atoms with Crippen LogP contribution >= 0.6 is 12.4 Å². The summed E-state index contributed by atoms with van der Waals surface area (Å²) in [6.45, 7) is 7.61. The molecule has 0 spiro atoms. The molecule has 0 unspecified atom stereocenters. The average molecular weight is 328 g/mol. The van der Waals surface area contributed by atoms with Gasteiger partial charge in [-0.3, -0.25) is 4.79 Å². The molecule has 1 saturated heterocycles. The van der Waals surface area contributed by atoms with E-state index in [1.165, 1.54) is 11.1 Å². The molecular formula is C17H26ClNO3. The number of benzene rings is 1. The molecule has 0 amide bonds. The van der Waals surface area contributed by atoms with Gasteiger partial charge in [-0.2, -0.15) is 0 Å². The van der Waals surface area contributed by atoms with Crippen molar-refractivity contribution in [3.8, 4) is 5.75 Å². The van der Waals surface area contributed by atoms with Gasteiger partial charge >= 0.3 is 5.97 Å². The lowest BCUT2D eigenvalue weighted by molar-refractivity contribution is -0.143. The lowest BCUT2D eigenvalue weighted by atomic mass is 9.97. The van der Waals surface area contributed by atoms with Crippen molar-refractivity contribution < 1.29 is 14.6 Å². The van der Waals surface area contributed by atoms with E-state index < -0.39 is 5.97 Å². The number of aryl methyl sites for hydroxylation is 2. The maximum Gasteiger partial charge on any atom is 0.306 e. The fourth-order valence-electron chi connectivity index (χ4n) is 2.89. The van der Waals surface area contributed by atoms with E-state index in [0.29, 0.717) is 6.61 Å². The Kier molecular flexibility index (Phi) is 7.69. The Morgan fingerprint density at radius 1 is 1.27 bits per heavy atom. The summed E-state index contributed by atoms with van der Waals surface area (Å²) in [5.41, 5.74) is 2.36.